The van der Waals surface area contributed by atoms with Crippen LogP contribution in [0.15, 0.2) is 24.3 Å². The largest absolute Gasteiger partial charge is 0.325 e. The van der Waals surface area contributed by atoms with Gasteiger partial charge in [0.15, 0.2) is 0 Å². The molecule has 0 spiro atoms. The van der Waals surface area contributed by atoms with E-state index in [0.717, 1.165) is 5.75 Å². The fourth-order valence-electron chi connectivity index (χ4n) is 1.48. The van der Waals surface area contributed by atoms with Gasteiger partial charge in [-0.1, -0.05) is 0 Å². The SMILES string of the molecule is CCS(=O)(=O)Nc1ccc(NC(=O)[C@H](N)CCSC)cc1. The van der Waals surface area contributed by atoms with E-state index in [9.17, 15) is 13.2 Å². The second-order valence-electron chi connectivity index (χ2n) is 4.46. The van der Waals surface area contributed by atoms with Crippen molar-refractivity contribution in [2.75, 3.05) is 27.8 Å². The molecule has 118 valence electrons. The summed E-state index contributed by atoms with van der Waals surface area (Å²) in [6, 6.07) is 5.90. The Kier molecular flexibility index (Phi) is 7.00. The molecule has 1 aromatic rings. The molecular formula is C13H21N3O3S2. The Bertz CT molecular complexity index is 559. The predicted molar refractivity (Wildman–Crippen MR) is 89.1 cm³/mol. The van der Waals surface area contributed by atoms with Crippen molar-refractivity contribution in [3.63, 3.8) is 0 Å². The standard InChI is InChI=1S/C13H21N3O3S2/c1-3-21(18,19)16-11-6-4-10(5-7-11)15-13(17)12(14)8-9-20-2/h4-7,12,16H,3,8-9,14H2,1-2H3,(H,15,17)/t12-/m1/s1. The van der Waals surface area contributed by atoms with Crippen LogP contribution in [0.5, 0.6) is 0 Å². The Labute approximate surface area is 129 Å². The van der Waals surface area contributed by atoms with Crippen molar-refractivity contribution in [1.82, 2.24) is 0 Å². The van der Waals surface area contributed by atoms with Gasteiger partial charge in [-0.2, -0.15) is 11.8 Å². The zero-order valence-corrected chi connectivity index (χ0v) is 13.8. The van der Waals surface area contributed by atoms with Crippen molar-refractivity contribution < 1.29 is 13.2 Å². The van der Waals surface area contributed by atoms with E-state index >= 15 is 0 Å². The van der Waals surface area contributed by atoms with Crippen molar-refractivity contribution in [3.05, 3.63) is 24.3 Å². The molecule has 0 heterocycles. The number of hydrogen-bond acceptors (Lipinski definition) is 5. The number of benzene rings is 1. The van der Waals surface area contributed by atoms with Crippen molar-refractivity contribution in [3.8, 4) is 0 Å². The third kappa shape index (κ3) is 6.36. The van der Waals surface area contributed by atoms with Crippen LogP contribution in [-0.2, 0) is 14.8 Å². The maximum Gasteiger partial charge on any atom is 0.241 e. The fraction of sp³-hybridized carbons (Fsp3) is 0.462. The number of nitrogens with one attached hydrogen (secondary N) is 2. The molecule has 0 saturated heterocycles. The van der Waals surface area contributed by atoms with Crippen LogP contribution in [0, 0.1) is 0 Å². The summed E-state index contributed by atoms with van der Waals surface area (Å²) in [7, 11) is -3.29. The first kappa shape index (κ1) is 17.8. The highest BCUT2D eigenvalue weighted by Gasteiger charge is 2.13. The average molecular weight is 331 g/mol. The van der Waals surface area contributed by atoms with Crippen LogP contribution in [0.2, 0.25) is 0 Å². The molecule has 1 rings (SSSR count). The lowest BCUT2D eigenvalue weighted by Crippen LogP contribution is -2.36. The first-order valence-electron chi connectivity index (χ1n) is 6.54. The van der Waals surface area contributed by atoms with Gasteiger partial charge >= 0.3 is 0 Å². The number of sulfonamides is 1. The van der Waals surface area contributed by atoms with Gasteiger partial charge < -0.3 is 11.1 Å². The van der Waals surface area contributed by atoms with Crippen LogP contribution < -0.4 is 15.8 Å². The zero-order chi connectivity index (χ0) is 15.9. The number of rotatable bonds is 8. The van der Waals surface area contributed by atoms with E-state index in [2.05, 4.69) is 10.0 Å². The smallest absolute Gasteiger partial charge is 0.241 e. The van der Waals surface area contributed by atoms with Gasteiger partial charge in [0.05, 0.1) is 11.8 Å². The van der Waals surface area contributed by atoms with E-state index in [0.29, 0.717) is 17.8 Å². The van der Waals surface area contributed by atoms with Gasteiger partial charge in [-0.05, 0) is 49.6 Å². The second-order valence-corrected chi connectivity index (χ2v) is 7.46. The normalized spacial score (nSPS) is 12.7. The minimum absolute atomic E-state index is 0.00970. The Morgan fingerprint density at radius 3 is 2.38 bits per heavy atom. The maximum absolute atomic E-state index is 11.8. The molecule has 0 fully saturated rings. The number of carbonyl (C=O) groups excluding carboxylic acids is 1. The minimum atomic E-state index is -3.29. The Balaban J connectivity index is 2.60. The predicted octanol–water partition coefficient (Wildman–Crippen LogP) is 1.47. The third-order valence-electron chi connectivity index (χ3n) is 2.78. The molecule has 21 heavy (non-hydrogen) atoms. The van der Waals surface area contributed by atoms with Gasteiger partial charge in [0.25, 0.3) is 0 Å². The number of carbonyl (C=O) groups is 1. The van der Waals surface area contributed by atoms with Gasteiger partial charge in [-0.15, -0.1) is 0 Å². The minimum Gasteiger partial charge on any atom is -0.325 e. The molecule has 0 aliphatic rings. The molecule has 1 aromatic carbocycles. The number of nitrogens with two attached hydrogens (primary N) is 1. The number of hydrogen-bond donors (Lipinski definition) is 3. The summed E-state index contributed by atoms with van der Waals surface area (Å²) in [5.74, 6) is 0.591. The molecule has 1 atom stereocenters. The molecule has 0 aliphatic heterocycles. The lowest BCUT2D eigenvalue weighted by atomic mass is 10.2. The average Bonchev–Trinajstić information content (AvgIpc) is 2.46. The molecular weight excluding hydrogens is 310 g/mol. The quantitative estimate of drug-likeness (QED) is 0.669. The van der Waals surface area contributed by atoms with Crippen LogP contribution in [0.1, 0.15) is 13.3 Å². The van der Waals surface area contributed by atoms with E-state index in [1.807, 2.05) is 6.26 Å². The molecule has 4 N–H and O–H groups in total. The van der Waals surface area contributed by atoms with Gasteiger partial charge in [0.2, 0.25) is 15.9 Å². The van der Waals surface area contributed by atoms with E-state index in [1.54, 1.807) is 43.0 Å². The van der Waals surface area contributed by atoms with Crippen LogP contribution in [-0.4, -0.2) is 38.1 Å². The lowest BCUT2D eigenvalue weighted by molar-refractivity contribution is -0.117. The number of amides is 1. The molecule has 0 aromatic heterocycles. The van der Waals surface area contributed by atoms with Crippen LogP contribution in [0.4, 0.5) is 11.4 Å². The van der Waals surface area contributed by atoms with Crippen LogP contribution in [0.25, 0.3) is 0 Å². The summed E-state index contributed by atoms with van der Waals surface area (Å²) >= 11 is 1.64. The Morgan fingerprint density at radius 1 is 1.29 bits per heavy atom. The topological polar surface area (TPSA) is 101 Å². The van der Waals surface area contributed by atoms with Gasteiger partial charge in [0.1, 0.15) is 0 Å². The van der Waals surface area contributed by atoms with Gasteiger partial charge in [0, 0.05) is 11.4 Å². The second kappa shape index (κ2) is 8.26. The van der Waals surface area contributed by atoms with E-state index < -0.39 is 16.1 Å². The summed E-state index contributed by atoms with van der Waals surface area (Å²) in [5, 5.41) is 2.70. The Hall–Kier alpha value is -1.25. The molecule has 0 aliphatic carbocycles. The first-order valence-corrected chi connectivity index (χ1v) is 9.58. The molecule has 0 saturated carbocycles. The van der Waals surface area contributed by atoms with Crippen molar-refractivity contribution >= 4 is 39.1 Å². The van der Waals surface area contributed by atoms with Crippen LogP contribution >= 0.6 is 11.8 Å². The fourth-order valence-corrected chi connectivity index (χ4v) is 2.61. The van der Waals surface area contributed by atoms with Gasteiger partial charge in [-0.3, -0.25) is 9.52 Å². The highest BCUT2D eigenvalue weighted by atomic mass is 32.2. The molecule has 1 amide bonds. The van der Waals surface area contributed by atoms with Gasteiger partial charge in [-0.25, -0.2) is 8.42 Å². The lowest BCUT2D eigenvalue weighted by Gasteiger charge is -2.12. The number of thioether (sulfide) groups is 1. The molecule has 0 unspecified atom stereocenters. The Morgan fingerprint density at radius 2 is 1.86 bits per heavy atom. The van der Waals surface area contributed by atoms with Crippen molar-refractivity contribution in [2.45, 2.75) is 19.4 Å². The highest BCUT2D eigenvalue weighted by molar-refractivity contribution is 7.98. The third-order valence-corrected chi connectivity index (χ3v) is 4.73. The first-order chi connectivity index (χ1) is 9.88. The summed E-state index contributed by atoms with van der Waals surface area (Å²) in [6.07, 6.45) is 2.57. The van der Waals surface area contributed by atoms with Crippen LogP contribution in [0.3, 0.4) is 0 Å². The van der Waals surface area contributed by atoms with E-state index in [4.69, 9.17) is 5.73 Å². The molecule has 0 bridgehead atoms. The zero-order valence-electron chi connectivity index (χ0n) is 12.1. The summed E-state index contributed by atoms with van der Waals surface area (Å²) in [6.45, 7) is 1.56. The summed E-state index contributed by atoms with van der Waals surface area (Å²) < 4.78 is 25.3. The molecule has 6 nitrogen and oxygen atoms in total. The van der Waals surface area contributed by atoms with Crippen molar-refractivity contribution in [1.29, 1.82) is 0 Å². The monoisotopic (exact) mass is 331 g/mol. The summed E-state index contributed by atoms with van der Waals surface area (Å²) in [4.78, 5) is 11.8. The highest BCUT2D eigenvalue weighted by Crippen LogP contribution is 2.15. The molecule has 8 heteroatoms. The molecule has 0 radical (unpaired) electrons. The summed E-state index contributed by atoms with van der Waals surface area (Å²) in [5.41, 5.74) is 6.81. The maximum atomic E-state index is 11.8. The van der Waals surface area contributed by atoms with Crippen molar-refractivity contribution in [2.24, 2.45) is 5.73 Å². The van der Waals surface area contributed by atoms with E-state index in [-0.39, 0.29) is 11.7 Å². The van der Waals surface area contributed by atoms with E-state index in [1.165, 1.54) is 0 Å². The number of anilines is 2.